The summed E-state index contributed by atoms with van der Waals surface area (Å²) in [7, 11) is 3.29. The molecule has 130 valence electrons. The van der Waals surface area contributed by atoms with Crippen LogP contribution in [0.25, 0.3) is 0 Å². The summed E-state index contributed by atoms with van der Waals surface area (Å²) in [6.07, 6.45) is 0.896. The summed E-state index contributed by atoms with van der Waals surface area (Å²) >= 11 is 8.49. The SMILES string of the molecule is COc1cc2c(c(Cl)c1OC)CCNCC2c1cc(C(C)C)cs1. The van der Waals surface area contributed by atoms with Crippen molar-refractivity contribution in [2.75, 3.05) is 27.3 Å². The van der Waals surface area contributed by atoms with Crippen molar-refractivity contribution in [3.63, 3.8) is 0 Å². The second kappa shape index (κ2) is 7.34. The van der Waals surface area contributed by atoms with Crippen LogP contribution >= 0.6 is 22.9 Å². The number of benzene rings is 1. The van der Waals surface area contributed by atoms with Gasteiger partial charge in [-0.05, 0) is 53.1 Å². The molecule has 0 amide bonds. The highest BCUT2D eigenvalue weighted by Gasteiger charge is 2.27. The smallest absolute Gasteiger partial charge is 0.179 e. The Hall–Kier alpha value is -1.23. The van der Waals surface area contributed by atoms with Crippen molar-refractivity contribution < 1.29 is 9.47 Å². The van der Waals surface area contributed by atoms with Crippen LogP contribution in [0.3, 0.4) is 0 Å². The van der Waals surface area contributed by atoms with Gasteiger partial charge in [0.05, 0.1) is 19.2 Å². The van der Waals surface area contributed by atoms with Gasteiger partial charge in [0.1, 0.15) is 0 Å². The molecule has 0 spiro atoms. The summed E-state index contributed by atoms with van der Waals surface area (Å²) in [5.74, 6) is 2.17. The number of fused-ring (bicyclic) bond motifs is 1. The third kappa shape index (κ3) is 3.15. The Morgan fingerprint density at radius 2 is 2.04 bits per heavy atom. The number of ether oxygens (including phenoxy) is 2. The normalized spacial score (nSPS) is 17.5. The van der Waals surface area contributed by atoms with Crippen molar-refractivity contribution >= 4 is 22.9 Å². The number of halogens is 1. The molecule has 1 aliphatic heterocycles. The largest absolute Gasteiger partial charge is 0.493 e. The van der Waals surface area contributed by atoms with Gasteiger partial charge in [0, 0.05) is 17.3 Å². The zero-order chi connectivity index (χ0) is 17.3. The van der Waals surface area contributed by atoms with Crippen LogP contribution in [0.1, 0.15) is 47.3 Å². The number of methoxy groups -OCH3 is 2. The molecule has 0 aliphatic carbocycles. The predicted octanol–water partition coefficient (Wildman–Crippen LogP) is 4.82. The number of hydrogen-bond acceptors (Lipinski definition) is 4. The summed E-state index contributed by atoms with van der Waals surface area (Å²) < 4.78 is 11.0. The summed E-state index contributed by atoms with van der Waals surface area (Å²) in [5, 5.41) is 6.50. The highest BCUT2D eigenvalue weighted by atomic mass is 35.5. The van der Waals surface area contributed by atoms with E-state index < -0.39 is 0 Å². The van der Waals surface area contributed by atoms with Gasteiger partial charge in [0.2, 0.25) is 0 Å². The van der Waals surface area contributed by atoms with Crippen molar-refractivity contribution in [3.05, 3.63) is 44.1 Å². The zero-order valence-corrected chi connectivity index (χ0v) is 16.2. The average molecular weight is 366 g/mol. The van der Waals surface area contributed by atoms with Crippen molar-refractivity contribution in [2.45, 2.75) is 32.1 Å². The van der Waals surface area contributed by atoms with E-state index in [0.717, 1.165) is 19.5 Å². The van der Waals surface area contributed by atoms with Crippen LogP contribution in [0.2, 0.25) is 5.02 Å². The Balaban J connectivity index is 2.12. The molecule has 3 rings (SSSR count). The average Bonchev–Trinajstić information content (AvgIpc) is 2.96. The summed E-state index contributed by atoms with van der Waals surface area (Å²) in [6, 6.07) is 4.44. The molecule has 1 aromatic carbocycles. The number of nitrogens with one attached hydrogen (secondary N) is 1. The molecule has 3 nitrogen and oxygen atoms in total. The third-order valence-electron chi connectivity index (χ3n) is 4.67. The van der Waals surface area contributed by atoms with Gasteiger partial charge in [-0.15, -0.1) is 11.3 Å². The highest BCUT2D eigenvalue weighted by Crippen LogP contribution is 2.44. The van der Waals surface area contributed by atoms with Crippen LogP contribution in [0.4, 0.5) is 0 Å². The molecule has 0 bridgehead atoms. The first kappa shape index (κ1) is 17.6. The molecular formula is C19H24ClNO2S. The first-order valence-electron chi connectivity index (χ1n) is 8.29. The molecule has 2 aromatic rings. The van der Waals surface area contributed by atoms with Crippen molar-refractivity contribution in [1.29, 1.82) is 0 Å². The summed E-state index contributed by atoms with van der Waals surface area (Å²) in [6.45, 7) is 6.30. The second-order valence-electron chi connectivity index (χ2n) is 6.44. The third-order valence-corrected chi connectivity index (χ3v) is 6.14. The molecule has 0 radical (unpaired) electrons. The Labute approximate surface area is 152 Å². The molecule has 1 aliphatic rings. The molecular weight excluding hydrogens is 342 g/mol. The van der Waals surface area contributed by atoms with E-state index >= 15 is 0 Å². The van der Waals surface area contributed by atoms with Gasteiger partial charge in [0.25, 0.3) is 0 Å². The molecule has 2 heterocycles. The van der Waals surface area contributed by atoms with Crippen LogP contribution < -0.4 is 14.8 Å². The van der Waals surface area contributed by atoms with Gasteiger partial charge in [-0.1, -0.05) is 25.4 Å². The Kier molecular flexibility index (Phi) is 5.38. The van der Waals surface area contributed by atoms with Gasteiger partial charge in [-0.2, -0.15) is 0 Å². The fraction of sp³-hybridized carbons (Fsp3) is 0.474. The van der Waals surface area contributed by atoms with E-state index in [2.05, 4.69) is 36.7 Å². The van der Waals surface area contributed by atoms with Crippen LogP contribution in [0.5, 0.6) is 11.5 Å². The van der Waals surface area contributed by atoms with E-state index in [1.54, 1.807) is 14.2 Å². The topological polar surface area (TPSA) is 30.5 Å². The van der Waals surface area contributed by atoms with E-state index in [-0.39, 0.29) is 5.92 Å². The first-order valence-corrected chi connectivity index (χ1v) is 9.54. The quantitative estimate of drug-likeness (QED) is 0.842. The van der Waals surface area contributed by atoms with Crippen LogP contribution in [0.15, 0.2) is 17.5 Å². The standard InChI is InChI=1S/C19H24ClNO2S/c1-11(2)12-7-17(24-10-12)15-9-21-6-5-13-14(15)8-16(22-3)19(23-4)18(13)20/h7-8,10-11,15,21H,5-6,9H2,1-4H3. The fourth-order valence-electron chi connectivity index (χ4n) is 3.25. The minimum absolute atomic E-state index is 0.289. The zero-order valence-electron chi connectivity index (χ0n) is 14.6. The maximum Gasteiger partial charge on any atom is 0.179 e. The summed E-state index contributed by atoms with van der Waals surface area (Å²) in [5.41, 5.74) is 3.82. The predicted molar refractivity (Wildman–Crippen MR) is 101 cm³/mol. The van der Waals surface area contributed by atoms with Crippen molar-refractivity contribution in [3.8, 4) is 11.5 Å². The van der Waals surface area contributed by atoms with E-state index in [1.165, 1.54) is 21.6 Å². The molecule has 0 saturated carbocycles. The molecule has 1 unspecified atom stereocenters. The van der Waals surface area contributed by atoms with Gasteiger partial charge in [-0.25, -0.2) is 0 Å². The molecule has 0 saturated heterocycles. The van der Waals surface area contributed by atoms with Gasteiger partial charge >= 0.3 is 0 Å². The molecule has 24 heavy (non-hydrogen) atoms. The number of thiophene rings is 1. The Morgan fingerprint density at radius 1 is 1.25 bits per heavy atom. The number of hydrogen-bond donors (Lipinski definition) is 1. The van der Waals surface area contributed by atoms with E-state index in [1.807, 2.05) is 11.3 Å². The molecule has 1 atom stereocenters. The molecule has 1 N–H and O–H groups in total. The van der Waals surface area contributed by atoms with Crippen LogP contribution in [0, 0.1) is 0 Å². The van der Waals surface area contributed by atoms with E-state index in [9.17, 15) is 0 Å². The van der Waals surface area contributed by atoms with Crippen LogP contribution in [-0.4, -0.2) is 27.3 Å². The monoisotopic (exact) mass is 365 g/mol. The van der Waals surface area contributed by atoms with E-state index in [4.69, 9.17) is 21.1 Å². The molecule has 1 aromatic heterocycles. The summed E-state index contributed by atoms with van der Waals surface area (Å²) in [4.78, 5) is 1.37. The Bertz CT molecular complexity index is 726. The van der Waals surface area contributed by atoms with Gasteiger partial charge in [0.15, 0.2) is 11.5 Å². The maximum atomic E-state index is 6.66. The minimum Gasteiger partial charge on any atom is -0.493 e. The first-order chi connectivity index (χ1) is 11.6. The lowest BCUT2D eigenvalue weighted by atomic mass is 9.91. The maximum absolute atomic E-state index is 6.66. The lowest BCUT2D eigenvalue weighted by molar-refractivity contribution is 0.354. The van der Waals surface area contributed by atoms with Crippen LogP contribution in [-0.2, 0) is 6.42 Å². The lowest BCUT2D eigenvalue weighted by Crippen LogP contribution is -2.20. The van der Waals surface area contributed by atoms with Crippen molar-refractivity contribution in [1.82, 2.24) is 5.32 Å². The molecule has 5 heteroatoms. The Morgan fingerprint density at radius 3 is 2.67 bits per heavy atom. The lowest BCUT2D eigenvalue weighted by Gasteiger charge is -2.20. The second-order valence-corrected chi connectivity index (χ2v) is 7.76. The van der Waals surface area contributed by atoms with Gasteiger partial charge in [-0.3, -0.25) is 0 Å². The van der Waals surface area contributed by atoms with Crippen molar-refractivity contribution in [2.24, 2.45) is 0 Å². The fourth-order valence-corrected chi connectivity index (χ4v) is 4.82. The highest BCUT2D eigenvalue weighted by molar-refractivity contribution is 7.10. The van der Waals surface area contributed by atoms with Gasteiger partial charge < -0.3 is 14.8 Å². The molecule has 0 fully saturated rings. The van der Waals surface area contributed by atoms with E-state index in [0.29, 0.717) is 22.4 Å². The number of rotatable bonds is 4. The minimum atomic E-state index is 0.289.